The smallest absolute Gasteiger partial charge is 0.265 e. The average Bonchev–Trinajstić information content (AvgIpc) is 3.09. The van der Waals surface area contributed by atoms with Crippen LogP contribution in [0.3, 0.4) is 0 Å². The average molecular weight is 335 g/mol. The fourth-order valence-corrected chi connectivity index (χ4v) is 4.58. The third-order valence-electron chi connectivity index (χ3n) is 3.82. The molecule has 2 aromatic rings. The highest BCUT2D eigenvalue weighted by Crippen LogP contribution is 2.31. The van der Waals surface area contributed by atoms with Crippen LogP contribution in [-0.4, -0.2) is 20.1 Å². The molecule has 0 spiro atoms. The summed E-state index contributed by atoms with van der Waals surface area (Å²) in [7, 11) is -3.20. The van der Waals surface area contributed by atoms with Gasteiger partial charge in [-0.25, -0.2) is 8.42 Å². The number of nitrogens with one attached hydrogen (secondary N) is 1. The highest BCUT2D eigenvalue weighted by molar-refractivity contribution is 7.91. The molecule has 1 aromatic carbocycles. The first-order chi connectivity index (χ1) is 10.5. The van der Waals surface area contributed by atoms with Crippen LogP contribution >= 0.6 is 11.3 Å². The normalized spacial score (nSPS) is 13.9. The molecule has 4 nitrogen and oxygen atoms in total. The Balaban J connectivity index is 1.74. The first kappa shape index (κ1) is 15.2. The van der Waals surface area contributed by atoms with Gasteiger partial charge in [0, 0.05) is 10.6 Å². The van der Waals surface area contributed by atoms with E-state index in [1.54, 1.807) is 30.4 Å². The zero-order valence-corrected chi connectivity index (χ0v) is 13.9. The number of fused-ring (bicyclic) bond motifs is 1. The highest BCUT2D eigenvalue weighted by atomic mass is 32.2. The Hall–Kier alpha value is -1.66. The maximum Gasteiger partial charge on any atom is 0.265 e. The second-order valence-corrected chi connectivity index (χ2v) is 8.71. The minimum atomic E-state index is -3.20. The maximum absolute atomic E-state index is 12.2. The van der Waals surface area contributed by atoms with E-state index in [1.807, 2.05) is 6.07 Å². The van der Waals surface area contributed by atoms with E-state index in [2.05, 4.69) is 5.32 Å². The lowest BCUT2D eigenvalue weighted by atomic mass is 10.2. The van der Waals surface area contributed by atoms with Crippen molar-refractivity contribution >= 4 is 32.8 Å². The number of carbonyl (C=O) groups excluding carboxylic acids is 1. The van der Waals surface area contributed by atoms with E-state index in [0.29, 0.717) is 5.69 Å². The van der Waals surface area contributed by atoms with Gasteiger partial charge in [-0.3, -0.25) is 4.79 Å². The monoisotopic (exact) mass is 335 g/mol. The van der Waals surface area contributed by atoms with Crippen LogP contribution in [0.25, 0.3) is 0 Å². The molecule has 22 heavy (non-hydrogen) atoms. The Morgan fingerprint density at radius 2 is 1.95 bits per heavy atom. The zero-order valence-electron chi connectivity index (χ0n) is 12.3. The summed E-state index contributed by atoms with van der Waals surface area (Å²) >= 11 is 1.55. The molecular weight excluding hydrogens is 318 g/mol. The molecule has 1 amide bonds. The number of anilines is 1. The first-order valence-corrected chi connectivity index (χ1v) is 9.72. The second kappa shape index (κ2) is 5.85. The third kappa shape index (κ3) is 2.94. The molecule has 0 aliphatic heterocycles. The van der Waals surface area contributed by atoms with Crippen molar-refractivity contribution in [3.63, 3.8) is 0 Å². The van der Waals surface area contributed by atoms with Crippen LogP contribution in [0.1, 0.15) is 33.5 Å². The molecule has 0 atom stereocenters. The molecule has 1 aliphatic carbocycles. The molecule has 0 saturated heterocycles. The Morgan fingerprint density at radius 3 is 2.59 bits per heavy atom. The molecule has 0 unspecified atom stereocenters. The first-order valence-electron chi connectivity index (χ1n) is 7.25. The number of sulfone groups is 1. The van der Waals surface area contributed by atoms with E-state index in [0.717, 1.165) is 17.7 Å². The van der Waals surface area contributed by atoms with Crippen molar-refractivity contribution in [3.8, 4) is 0 Å². The lowest BCUT2D eigenvalue weighted by Gasteiger charge is -2.05. The summed E-state index contributed by atoms with van der Waals surface area (Å²) < 4.78 is 23.5. The second-order valence-electron chi connectivity index (χ2n) is 5.29. The Kier molecular flexibility index (Phi) is 4.06. The highest BCUT2D eigenvalue weighted by Gasteiger charge is 2.18. The predicted molar refractivity (Wildman–Crippen MR) is 88.5 cm³/mol. The van der Waals surface area contributed by atoms with Crippen molar-refractivity contribution in [1.82, 2.24) is 0 Å². The van der Waals surface area contributed by atoms with Crippen molar-refractivity contribution < 1.29 is 13.2 Å². The number of rotatable bonds is 4. The van der Waals surface area contributed by atoms with Gasteiger partial charge >= 0.3 is 0 Å². The Morgan fingerprint density at radius 1 is 1.23 bits per heavy atom. The number of benzene rings is 1. The van der Waals surface area contributed by atoms with Gasteiger partial charge in [0.2, 0.25) is 0 Å². The quantitative estimate of drug-likeness (QED) is 0.932. The number of amides is 1. The number of thiophene rings is 1. The van der Waals surface area contributed by atoms with Gasteiger partial charge in [0.05, 0.1) is 15.5 Å². The molecule has 1 aliphatic rings. The topological polar surface area (TPSA) is 63.2 Å². The van der Waals surface area contributed by atoms with Crippen LogP contribution < -0.4 is 5.32 Å². The summed E-state index contributed by atoms with van der Waals surface area (Å²) in [5.74, 6) is -0.0649. The molecule has 1 heterocycles. The van der Waals surface area contributed by atoms with Crippen LogP contribution in [0, 0.1) is 0 Å². The molecule has 1 N–H and O–H groups in total. The summed E-state index contributed by atoms with van der Waals surface area (Å²) in [4.78, 5) is 14.6. The van der Waals surface area contributed by atoms with E-state index >= 15 is 0 Å². The van der Waals surface area contributed by atoms with Crippen LogP contribution in [0.2, 0.25) is 0 Å². The molecule has 116 valence electrons. The van der Waals surface area contributed by atoms with Crippen molar-refractivity contribution in [2.24, 2.45) is 0 Å². The molecule has 0 bridgehead atoms. The van der Waals surface area contributed by atoms with Crippen molar-refractivity contribution in [1.29, 1.82) is 0 Å². The maximum atomic E-state index is 12.2. The van der Waals surface area contributed by atoms with Crippen molar-refractivity contribution in [2.45, 2.75) is 31.1 Å². The minimum absolute atomic E-state index is 0.0689. The summed E-state index contributed by atoms with van der Waals surface area (Å²) in [6.07, 6.45) is 3.30. The zero-order chi connectivity index (χ0) is 15.7. The fraction of sp³-hybridized carbons (Fsp3) is 0.312. The lowest BCUT2D eigenvalue weighted by Crippen LogP contribution is -2.10. The number of hydrogen-bond acceptors (Lipinski definition) is 4. The molecule has 0 fully saturated rings. The number of hydrogen-bond donors (Lipinski definition) is 1. The summed E-state index contributed by atoms with van der Waals surface area (Å²) in [5.41, 5.74) is 1.90. The van der Waals surface area contributed by atoms with Crippen LogP contribution in [0.5, 0.6) is 0 Å². The number of carbonyl (C=O) groups is 1. The van der Waals surface area contributed by atoms with E-state index in [1.165, 1.54) is 29.0 Å². The van der Waals surface area contributed by atoms with Crippen LogP contribution in [0.4, 0.5) is 5.69 Å². The lowest BCUT2D eigenvalue weighted by molar-refractivity contribution is 0.103. The minimum Gasteiger partial charge on any atom is -0.321 e. The SMILES string of the molecule is CCS(=O)(=O)c1ccc(NC(=O)c2cc3c(s2)CCC3)cc1. The van der Waals surface area contributed by atoms with Crippen LogP contribution in [0.15, 0.2) is 35.2 Å². The summed E-state index contributed by atoms with van der Waals surface area (Å²) in [6, 6.07) is 8.29. The van der Waals surface area contributed by atoms with Gasteiger partial charge in [-0.05, 0) is 55.2 Å². The van der Waals surface area contributed by atoms with Gasteiger partial charge in [0.25, 0.3) is 5.91 Å². The molecule has 3 rings (SSSR count). The Bertz CT molecular complexity index is 783. The van der Waals surface area contributed by atoms with Gasteiger partial charge in [-0.15, -0.1) is 11.3 Å². The van der Waals surface area contributed by atoms with Crippen LogP contribution in [-0.2, 0) is 22.7 Å². The van der Waals surface area contributed by atoms with Gasteiger partial charge in [0.15, 0.2) is 9.84 Å². The molecule has 6 heteroatoms. The van der Waals surface area contributed by atoms with Gasteiger partial charge in [0.1, 0.15) is 0 Å². The largest absolute Gasteiger partial charge is 0.321 e. The molecule has 0 radical (unpaired) electrons. The summed E-state index contributed by atoms with van der Waals surface area (Å²) in [6.45, 7) is 1.61. The van der Waals surface area contributed by atoms with Gasteiger partial charge in [-0.1, -0.05) is 6.92 Å². The van der Waals surface area contributed by atoms with E-state index in [4.69, 9.17) is 0 Å². The molecule has 1 aromatic heterocycles. The van der Waals surface area contributed by atoms with E-state index in [9.17, 15) is 13.2 Å². The third-order valence-corrected chi connectivity index (χ3v) is 6.81. The predicted octanol–water partition coefficient (Wildman–Crippen LogP) is 3.28. The molecule has 0 saturated carbocycles. The van der Waals surface area contributed by atoms with Gasteiger partial charge in [-0.2, -0.15) is 0 Å². The standard InChI is InChI=1S/C16H17NO3S2/c1-2-22(19,20)13-8-6-12(7-9-13)17-16(18)15-10-11-4-3-5-14(11)21-15/h6-10H,2-5H2,1H3,(H,17,18). The van der Waals surface area contributed by atoms with E-state index < -0.39 is 9.84 Å². The number of aryl methyl sites for hydroxylation is 2. The summed E-state index contributed by atoms with van der Waals surface area (Å²) in [5, 5.41) is 2.82. The molecular formula is C16H17NO3S2. The van der Waals surface area contributed by atoms with Crippen molar-refractivity contribution in [2.75, 3.05) is 11.1 Å². The van der Waals surface area contributed by atoms with E-state index in [-0.39, 0.29) is 16.6 Å². The van der Waals surface area contributed by atoms with Crippen molar-refractivity contribution in [3.05, 3.63) is 45.6 Å². The Labute approximate surface area is 134 Å². The fourth-order valence-electron chi connectivity index (χ4n) is 2.55. The van der Waals surface area contributed by atoms with Gasteiger partial charge < -0.3 is 5.32 Å².